The van der Waals surface area contributed by atoms with E-state index in [9.17, 15) is 4.79 Å². The largest absolute Gasteiger partial charge is 0.468 e. The monoisotopic (exact) mass is 307 g/mol. The molecule has 4 heteroatoms. The van der Waals surface area contributed by atoms with Crippen LogP contribution in [0.25, 0.3) is 0 Å². The number of hydrogen-bond donors (Lipinski definition) is 0. The van der Waals surface area contributed by atoms with Crippen LogP contribution >= 0.6 is 7.92 Å². The van der Waals surface area contributed by atoms with Crippen LogP contribution < -0.4 is 0 Å². The summed E-state index contributed by atoms with van der Waals surface area (Å²) in [6.45, 7) is 5.63. The first-order valence-electron chi connectivity index (χ1n) is 7.71. The van der Waals surface area contributed by atoms with Crippen molar-refractivity contribution in [3.05, 3.63) is 35.9 Å². The second kappa shape index (κ2) is 7.91. The van der Waals surface area contributed by atoms with Crippen molar-refractivity contribution in [3.63, 3.8) is 0 Å². The van der Waals surface area contributed by atoms with Crippen LogP contribution in [0.4, 0.5) is 0 Å². The third-order valence-corrected chi connectivity index (χ3v) is 7.12. The summed E-state index contributed by atoms with van der Waals surface area (Å²) in [5.74, 6) is -0.0640. The van der Waals surface area contributed by atoms with Gasteiger partial charge < -0.3 is 4.74 Å². The predicted octanol–water partition coefficient (Wildman–Crippen LogP) is 3.67. The summed E-state index contributed by atoms with van der Waals surface area (Å²) in [6, 6.07) is 10.7. The lowest BCUT2D eigenvalue weighted by molar-refractivity contribution is -0.145. The standard InChI is InChI=1S/C17H26NO2P/c1-14(2)21(12-15-8-5-4-6-9-15)13-18-11-7-10-16(18)17(19)20-3/h4-6,8-9,14,16H,7,10-13H2,1-3H3. The molecule has 0 N–H and O–H groups in total. The molecule has 1 aliphatic heterocycles. The zero-order chi connectivity index (χ0) is 15.2. The molecular formula is C17H26NO2P. The number of likely N-dealkylation sites (tertiary alicyclic amines) is 1. The van der Waals surface area contributed by atoms with Crippen molar-refractivity contribution < 1.29 is 9.53 Å². The fourth-order valence-electron chi connectivity index (χ4n) is 2.85. The Morgan fingerprint density at radius 3 is 2.71 bits per heavy atom. The first-order valence-corrected chi connectivity index (χ1v) is 9.49. The van der Waals surface area contributed by atoms with Crippen LogP contribution in [0.15, 0.2) is 30.3 Å². The summed E-state index contributed by atoms with van der Waals surface area (Å²) in [5.41, 5.74) is 2.07. The minimum Gasteiger partial charge on any atom is -0.468 e. The first-order chi connectivity index (χ1) is 10.1. The second-order valence-electron chi connectivity index (χ2n) is 5.96. The molecule has 0 radical (unpaired) electrons. The van der Waals surface area contributed by atoms with Gasteiger partial charge in [0.25, 0.3) is 0 Å². The van der Waals surface area contributed by atoms with Crippen molar-refractivity contribution >= 4 is 13.9 Å². The number of ether oxygens (including phenoxy) is 1. The van der Waals surface area contributed by atoms with E-state index in [1.165, 1.54) is 12.7 Å². The van der Waals surface area contributed by atoms with Crippen molar-refractivity contribution in [1.82, 2.24) is 4.90 Å². The van der Waals surface area contributed by atoms with Gasteiger partial charge in [0, 0.05) is 6.29 Å². The Hall–Kier alpha value is -0.920. The molecule has 1 aliphatic rings. The Morgan fingerprint density at radius 1 is 1.38 bits per heavy atom. The summed E-state index contributed by atoms with van der Waals surface area (Å²) >= 11 is 0. The average molecular weight is 307 g/mol. The van der Waals surface area contributed by atoms with Gasteiger partial charge in [0.15, 0.2) is 0 Å². The number of esters is 1. The van der Waals surface area contributed by atoms with Gasteiger partial charge in [-0.25, -0.2) is 0 Å². The van der Waals surface area contributed by atoms with E-state index < -0.39 is 0 Å². The lowest BCUT2D eigenvalue weighted by Crippen LogP contribution is -2.37. The minimum absolute atomic E-state index is 0.0190. The highest BCUT2D eigenvalue weighted by molar-refractivity contribution is 7.57. The zero-order valence-electron chi connectivity index (χ0n) is 13.3. The molecular weight excluding hydrogens is 281 g/mol. The third kappa shape index (κ3) is 4.52. The molecule has 116 valence electrons. The van der Waals surface area contributed by atoms with Crippen LogP contribution in [-0.2, 0) is 15.7 Å². The Kier molecular flexibility index (Phi) is 6.20. The molecule has 0 bridgehead atoms. The van der Waals surface area contributed by atoms with E-state index in [1.807, 2.05) is 0 Å². The zero-order valence-corrected chi connectivity index (χ0v) is 14.2. The molecule has 21 heavy (non-hydrogen) atoms. The van der Waals surface area contributed by atoms with E-state index in [0.717, 1.165) is 31.8 Å². The summed E-state index contributed by atoms with van der Waals surface area (Å²) in [6.07, 6.45) is 4.23. The Bertz CT molecular complexity index is 449. The predicted molar refractivity (Wildman–Crippen MR) is 88.8 cm³/mol. The molecule has 1 saturated heterocycles. The molecule has 2 unspecified atom stereocenters. The molecule has 1 aromatic rings. The van der Waals surface area contributed by atoms with E-state index in [0.29, 0.717) is 5.66 Å². The molecule has 1 aromatic carbocycles. The van der Waals surface area contributed by atoms with Crippen LogP contribution in [0.1, 0.15) is 32.3 Å². The fraction of sp³-hybridized carbons (Fsp3) is 0.588. The number of benzene rings is 1. The molecule has 1 fully saturated rings. The SMILES string of the molecule is COC(=O)C1CCCN1CP(Cc1ccccc1)C(C)C. The average Bonchev–Trinajstić information content (AvgIpc) is 2.95. The van der Waals surface area contributed by atoms with Gasteiger partial charge in [-0.1, -0.05) is 52.1 Å². The lowest BCUT2D eigenvalue weighted by Gasteiger charge is -2.30. The van der Waals surface area contributed by atoms with E-state index >= 15 is 0 Å². The van der Waals surface area contributed by atoms with Crippen LogP contribution in [0.5, 0.6) is 0 Å². The van der Waals surface area contributed by atoms with Crippen LogP contribution in [0, 0.1) is 0 Å². The topological polar surface area (TPSA) is 29.5 Å². The molecule has 2 atom stereocenters. The van der Waals surface area contributed by atoms with Crippen molar-refractivity contribution in [2.45, 2.75) is 44.6 Å². The number of carbonyl (C=O) groups excluding carboxylic acids is 1. The highest BCUT2D eigenvalue weighted by Gasteiger charge is 2.33. The second-order valence-corrected chi connectivity index (χ2v) is 8.77. The Balaban J connectivity index is 2.01. The molecule has 0 spiro atoms. The molecule has 0 amide bonds. The molecule has 0 aromatic heterocycles. The number of nitrogens with zero attached hydrogens (tertiary/aromatic N) is 1. The Labute approximate surface area is 129 Å². The lowest BCUT2D eigenvalue weighted by atomic mass is 10.2. The van der Waals surface area contributed by atoms with E-state index in [1.54, 1.807) is 0 Å². The molecule has 0 aliphatic carbocycles. The molecule has 0 saturated carbocycles. The fourth-order valence-corrected chi connectivity index (χ4v) is 5.12. The number of methoxy groups -OCH3 is 1. The minimum atomic E-state index is -0.145. The normalized spacial score (nSPS) is 20.7. The van der Waals surface area contributed by atoms with Gasteiger partial charge in [0.1, 0.15) is 6.04 Å². The first kappa shape index (κ1) is 16.5. The smallest absolute Gasteiger partial charge is 0.323 e. The van der Waals surface area contributed by atoms with Gasteiger partial charge in [0.2, 0.25) is 0 Å². The summed E-state index contributed by atoms with van der Waals surface area (Å²) in [7, 11) is 1.35. The summed E-state index contributed by atoms with van der Waals surface area (Å²) < 4.78 is 4.95. The maximum Gasteiger partial charge on any atom is 0.323 e. The van der Waals surface area contributed by atoms with Gasteiger partial charge in [-0.2, -0.15) is 0 Å². The van der Waals surface area contributed by atoms with Gasteiger partial charge in [-0.15, -0.1) is 0 Å². The van der Waals surface area contributed by atoms with Crippen LogP contribution in [-0.4, -0.2) is 42.5 Å². The Morgan fingerprint density at radius 2 is 2.10 bits per heavy atom. The quantitative estimate of drug-likeness (QED) is 0.593. The van der Waals surface area contributed by atoms with Gasteiger partial charge in [0.05, 0.1) is 7.11 Å². The van der Waals surface area contributed by atoms with Crippen molar-refractivity contribution in [2.24, 2.45) is 0 Å². The van der Waals surface area contributed by atoms with E-state index in [4.69, 9.17) is 4.74 Å². The van der Waals surface area contributed by atoms with E-state index in [-0.39, 0.29) is 19.9 Å². The highest BCUT2D eigenvalue weighted by Crippen LogP contribution is 2.46. The molecule has 1 heterocycles. The summed E-state index contributed by atoms with van der Waals surface area (Å²) in [4.78, 5) is 14.2. The number of carbonyl (C=O) groups is 1. The van der Waals surface area contributed by atoms with Gasteiger partial charge in [-0.3, -0.25) is 9.69 Å². The molecule has 2 rings (SSSR count). The van der Waals surface area contributed by atoms with Gasteiger partial charge >= 0.3 is 5.97 Å². The van der Waals surface area contributed by atoms with Crippen molar-refractivity contribution in [1.29, 1.82) is 0 Å². The number of rotatable bonds is 6. The van der Waals surface area contributed by atoms with Crippen molar-refractivity contribution in [2.75, 3.05) is 19.9 Å². The third-order valence-electron chi connectivity index (χ3n) is 4.16. The number of hydrogen-bond acceptors (Lipinski definition) is 3. The van der Waals surface area contributed by atoms with E-state index in [2.05, 4.69) is 49.1 Å². The van der Waals surface area contributed by atoms with Gasteiger partial charge in [-0.05, 0) is 36.8 Å². The maximum atomic E-state index is 11.9. The summed E-state index contributed by atoms with van der Waals surface area (Å²) in [5, 5.41) is 0. The highest BCUT2D eigenvalue weighted by atomic mass is 31.1. The van der Waals surface area contributed by atoms with Crippen LogP contribution in [0.3, 0.4) is 0 Å². The van der Waals surface area contributed by atoms with Crippen molar-refractivity contribution in [3.8, 4) is 0 Å². The molecule has 3 nitrogen and oxygen atoms in total. The van der Waals surface area contributed by atoms with Crippen LogP contribution in [0.2, 0.25) is 0 Å². The maximum absolute atomic E-state index is 11.9.